The Kier molecular flexibility index (Phi) is 5.24. The highest BCUT2D eigenvalue weighted by Crippen LogP contribution is 2.02. The molecular formula is C7H12O7. The lowest BCUT2D eigenvalue weighted by Crippen LogP contribution is -2.46. The van der Waals surface area contributed by atoms with Gasteiger partial charge in [-0.15, -0.1) is 0 Å². The van der Waals surface area contributed by atoms with Crippen LogP contribution in [0.1, 0.15) is 0 Å². The molecule has 0 aromatic carbocycles. The number of methoxy groups -OCH3 is 1. The number of carbonyl (C=O) groups excluding carboxylic acids is 2. The van der Waals surface area contributed by atoms with Crippen molar-refractivity contribution in [2.24, 2.45) is 0 Å². The summed E-state index contributed by atoms with van der Waals surface area (Å²) in [5.41, 5.74) is 0. The first-order chi connectivity index (χ1) is 6.45. The molecule has 0 spiro atoms. The molecule has 7 nitrogen and oxygen atoms in total. The van der Waals surface area contributed by atoms with E-state index in [1.807, 2.05) is 0 Å². The Morgan fingerprint density at radius 1 is 1.29 bits per heavy atom. The fraction of sp³-hybridized carbons (Fsp3) is 0.714. The first kappa shape index (κ1) is 13.0. The Hall–Kier alpha value is -1.02. The summed E-state index contributed by atoms with van der Waals surface area (Å²) in [7, 11) is 0.932. The van der Waals surface area contributed by atoms with Crippen LogP contribution in [0, 0.1) is 0 Å². The van der Waals surface area contributed by atoms with E-state index in [9.17, 15) is 9.59 Å². The third-order valence-corrected chi connectivity index (χ3v) is 1.56. The number of aliphatic hydroxyl groups excluding tert-OH is 4. The van der Waals surface area contributed by atoms with Gasteiger partial charge in [-0.25, -0.2) is 4.79 Å². The summed E-state index contributed by atoms with van der Waals surface area (Å²) in [6, 6.07) is 0. The zero-order valence-corrected chi connectivity index (χ0v) is 7.45. The van der Waals surface area contributed by atoms with Gasteiger partial charge in [-0.1, -0.05) is 0 Å². The molecule has 3 atom stereocenters. The van der Waals surface area contributed by atoms with Crippen LogP contribution in [0.4, 0.5) is 0 Å². The second-order valence-corrected chi connectivity index (χ2v) is 2.54. The van der Waals surface area contributed by atoms with Gasteiger partial charge >= 0.3 is 5.97 Å². The van der Waals surface area contributed by atoms with Gasteiger partial charge in [0, 0.05) is 0 Å². The molecule has 82 valence electrons. The van der Waals surface area contributed by atoms with Gasteiger partial charge in [0.2, 0.25) is 0 Å². The first-order valence-electron chi connectivity index (χ1n) is 3.73. The van der Waals surface area contributed by atoms with Gasteiger partial charge in [0.15, 0.2) is 6.10 Å². The number of ether oxygens (including phenoxy) is 1. The highest BCUT2D eigenvalue weighted by molar-refractivity contribution is 6.35. The molecule has 4 N–H and O–H groups in total. The number of rotatable bonds is 5. The van der Waals surface area contributed by atoms with Crippen molar-refractivity contribution in [1.29, 1.82) is 0 Å². The number of esters is 1. The van der Waals surface area contributed by atoms with E-state index in [2.05, 4.69) is 4.74 Å². The third-order valence-electron chi connectivity index (χ3n) is 1.56. The largest absolute Gasteiger partial charge is 0.463 e. The molecule has 0 aromatic rings. The van der Waals surface area contributed by atoms with Gasteiger partial charge in [0.05, 0.1) is 13.7 Å². The molecule has 0 aliphatic heterocycles. The Bertz CT molecular complexity index is 214. The van der Waals surface area contributed by atoms with Crippen LogP contribution >= 0.6 is 0 Å². The number of aliphatic hydroxyl groups is 4. The molecule has 14 heavy (non-hydrogen) atoms. The van der Waals surface area contributed by atoms with Crippen LogP contribution in [-0.4, -0.2) is 64.2 Å². The van der Waals surface area contributed by atoms with Crippen molar-refractivity contribution >= 4 is 11.8 Å². The van der Waals surface area contributed by atoms with Crippen molar-refractivity contribution in [3.8, 4) is 0 Å². The van der Waals surface area contributed by atoms with Crippen LogP contribution in [0.5, 0.6) is 0 Å². The summed E-state index contributed by atoms with van der Waals surface area (Å²) >= 11 is 0. The molecular weight excluding hydrogens is 196 g/mol. The highest BCUT2D eigenvalue weighted by atomic mass is 16.5. The second kappa shape index (κ2) is 5.66. The van der Waals surface area contributed by atoms with Crippen molar-refractivity contribution in [3.63, 3.8) is 0 Å². The molecule has 0 radical (unpaired) electrons. The molecule has 0 unspecified atom stereocenters. The van der Waals surface area contributed by atoms with E-state index in [4.69, 9.17) is 20.4 Å². The van der Waals surface area contributed by atoms with Crippen LogP contribution in [-0.2, 0) is 14.3 Å². The van der Waals surface area contributed by atoms with Crippen molar-refractivity contribution in [2.45, 2.75) is 18.3 Å². The fourth-order valence-corrected chi connectivity index (χ4v) is 0.695. The SMILES string of the molecule is COC(=O)C(=O)[C@@H](O)[C@@H](O)[C@H](O)CO. The topological polar surface area (TPSA) is 124 Å². The van der Waals surface area contributed by atoms with E-state index < -0.39 is 36.7 Å². The zero-order chi connectivity index (χ0) is 11.3. The predicted octanol–water partition coefficient (Wildman–Crippen LogP) is -3.20. The van der Waals surface area contributed by atoms with Crippen molar-refractivity contribution in [2.75, 3.05) is 13.7 Å². The fourth-order valence-electron chi connectivity index (χ4n) is 0.695. The van der Waals surface area contributed by atoms with E-state index in [1.165, 1.54) is 0 Å². The molecule has 0 aliphatic carbocycles. The van der Waals surface area contributed by atoms with Crippen LogP contribution in [0.25, 0.3) is 0 Å². The lowest BCUT2D eigenvalue weighted by atomic mass is 10.1. The van der Waals surface area contributed by atoms with Crippen LogP contribution in [0.15, 0.2) is 0 Å². The van der Waals surface area contributed by atoms with E-state index in [0.29, 0.717) is 0 Å². The molecule has 0 rings (SSSR count). The molecule has 0 amide bonds. The molecule has 0 bridgehead atoms. The normalized spacial score (nSPS) is 16.9. The molecule has 0 heterocycles. The van der Waals surface area contributed by atoms with E-state index in [0.717, 1.165) is 7.11 Å². The summed E-state index contributed by atoms with van der Waals surface area (Å²) < 4.78 is 3.99. The third kappa shape index (κ3) is 3.04. The minimum absolute atomic E-state index is 0.841. The molecule has 0 saturated heterocycles. The van der Waals surface area contributed by atoms with Gasteiger partial charge in [-0.2, -0.15) is 0 Å². The van der Waals surface area contributed by atoms with E-state index in [-0.39, 0.29) is 0 Å². The monoisotopic (exact) mass is 208 g/mol. The molecule has 0 aromatic heterocycles. The van der Waals surface area contributed by atoms with Crippen molar-refractivity contribution in [3.05, 3.63) is 0 Å². The lowest BCUT2D eigenvalue weighted by molar-refractivity contribution is -0.161. The van der Waals surface area contributed by atoms with Gasteiger partial charge in [0.25, 0.3) is 5.78 Å². The van der Waals surface area contributed by atoms with E-state index >= 15 is 0 Å². The maximum Gasteiger partial charge on any atom is 0.377 e. The number of hydrogen-bond acceptors (Lipinski definition) is 7. The minimum atomic E-state index is -2.11. The predicted molar refractivity (Wildman–Crippen MR) is 42.1 cm³/mol. The summed E-state index contributed by atoms with van der Waals surface area (Å²) in [5, 5.41) is 35.2. The first-order valence-corrected chi connectivity index (χ1v) is 3.73. The molecule has 0 saturated carbocycles. The summed E-state index contributed by atoms with van der Waals surface area (Å²) in [4.78, 5) is 21.4. The van der Waals surface area contributed by atoms with Crippen molar-refractivity contribution in [1.82, 2.24) is 0 Å². The van der Waals surface area contributed by atoms with Gasteiger partial charge in [0.1, 0.15) is 12.2 Å². The van der Waals surface area contributed by atoms with Crippen LogP contribution in [0.3, 0.4) is 0 Å². The number of hydrogen-bond donors (Lipinski definition) is 4. The number of ketones is 1. The second-order valence-electron chi connectivity index (χ2n) is 2.54. The maximum atomic E-state index is 10.9. The van der Waals surface area contributed by atoms with Crippen LogP contribution < -0.4 is 0 Å². The van der Waals surface area contributed by atoms with Gasteiger partial charge in [-0.3, -0.25) is 4.79 Å². The lowest BCUT2D eigenvalue weighted by Gasteiger charge is -2.19. The molecule has 0 fully saturated rings. The standard InChI is InChI=1S/C7H12O7/c1-14-7(13)6(12)5(11)4(10)3(9)2-8/h3-5,8-11H,2H2,1H3/t3-,4+,5+/m1/s1. The Morgan fingerprint density at radius 3 is 2.14 bits per heavy atom. The summed E-state index contributed by atoms with van der Waals surface area (Å²) in [5.74, 6) is -2.71. The Balaban J connectivity index is 4.38. The minimum Gasteiger partial charge on any atom is -0.463 e. The maximum absolute atomic E-state index is 10.9. The highest BCUT2D eigenvalue weighted by Gasteiger charge is 2.34. The molecule has 0 aliphatic rings. The quantitative estimate of drug-likeness (QED) is 0.277. The average molecular weight is 208 g/mol. The van der Waals surface area contributed by atoms with E-state index in [1.54, 1.807) is 0 Å². The molecule has 7 heteroatoms. The Labute approximate surface area is 79.5 Å². The summed E-state index contributed by atoms with van der Waals surface area (Å²) in [6.45, 7) is -0.841. The number of carbonyl (C=O) groups is 2. The van der Waals surface area contributed by atoms with Gasteiger partial charge in [-0.05, 0) is 0 Å². The van der Waals surface area contributed by atoms with Crippen molar-refractivity contribution < 1.29 is 34.8 Å². The summed E-state index contributed by atoms with van der Waals surface area (Å²) in [6.07, 6.45) is -5.73. The number of Topliss-reactive ketones (excluding diaryl/α,β-unsaturated/α-hetero) is 1. The zero-order valence-electron chi connectivity index (χ0n) is 7.45. The average Bonchev–Trinajstić information content (AvgIpc) is 2.23. The Morgan fingerprint density at radius 2 is 1.79 bits per heavy atom. The smallest absolute Gasteiger partial charge is 0.377 e. The van der Waals surface area contributed by atoms with Crippen LogP contribution in [0.2, 0.25) is 0 Å². The van der Waals surface area contributed by atoms with Gasteiger partial charge < -0.3 is 25.2 Å².